The molecule has 1 atom stereocenters. The van der Waals surface area contributed by atoms with Gasteiger partial charge in [0.1, 0.15) is 12.4 Å². The van der Waals surface area contributed by atoms with Crippen LogP contribution in [0.5, 0.6) is 5.75 Å². The molecule has 0 aliphatic heterocycles. The van der Waals surface area contributed by atoms with Crippen LogP contribution in [0.2, 0.25) is 0 Å². The number of carbonyl (C=O) groups is 1. The Morgan fingerprint density at radius 1 is 1.43 bits per heavy atom. The first-order valence-electron chi connectivity index (χ1n) is 7.41. The Morgan fingerprint density at radius 2 is 2.19 bits per heavy atom. The van der Waals surface area contributed by atoms with E-state index < -0.39 is 0 Å². The average molecular weight is 293 g/mol. The van der Waals surface area contributed by atoms with Gasteiger partial charge in [-0.05, 0) is 45.6 Å². The predicted octanol–water partition coefficient (Wildman–Crippen LogP) is 1.94. The molecule has 5 nitrogen and oxygen atoms in total. The van der Waals surface area contributed by atoms with Gasteiger partial charge in [-0.2, -0.15) is 0 Å². The third-order valence-corrected chi connectivity index (χ3v) is 3.20. The topological polar surface area (TPSA) is 67.6 Å². The molecule has 0 bridgehead atoms. The van der Waals surface area contributed by atoms with Gasteiger partial charge in [-0.25, -0.2) is 0 Å². The second-order valence-corrected chi connectivity index (χ2v) is 5.50. The molecule has 0 heterocycles. The SMILES string of the molecule is CC(CCCN)C(=O)Nc1cccc(OCCN(C)C)c1. The molecular weight excluding hydrogens is 266 g/mol. The lowest BCUT2D eigenvalue weighted by molar-refractivity contribution is -0.119. The number of nitrogens with zero attached hydrogens (tertiary/aromatic N) is 1. The van der Waals surface area contributed by atoms with Crippen molar-refractivity contribution in [2.45, 2.75) is 19.8 Å². The molecule has 1 unspecified atom stereocenters. The number of rotatable bonds is 9. The smallest absolute Gasteiger partial charge is 0.227 e. The molecule has 0 aromatic heterocycles. The normalized spacial score (nSPS) is 12.2. The number of hydrogen-bond acceptors (Lipinski definition) is 4. The highest BCUT2D eigenvalue weighted by molar-refractivity contribution is 5.92. The van der Waals surface area contributed by atoms with Gasteiger partial charge in [-0.3, -0.25) is 4.79 Å². The van der Waals surface area contributed by atoms with E-state index in [9.17, 15) is 4.79 Å². The molecule has 21 heavy (non-hydrogen) atoms. The molecule has 0 aliphatic carbocycles. The van der Waals surface area contributed by atoms with Crippen molar-refractivity contribution in [1.29, 1.82) is 0 Å². The van der Waals surface area contributed by atoms with E-state index in [1.54, 1.807) is 0 Å². The van der Waals surface area contributed by atoms with E-state index in [0.717, 1.165) is 30.8 Å². The van der Waals surface area contributed by atoms with Crippen LogP contribution in [0.4, 0.5) is 5.69 Å². The number of nitrogens with one attached hydrogen (secondary N) is 1. The summed E-state index contributed by atoms with van der Waals surface area (Å²) in [6.07, 6.45) is 1.67. The Kier molecular flexibility index (Phi) is 7.79. The maximum atomic E-state index is 12.0. The molecule has 0 fully saturated rings. The molecule has 1 rings (SSSR count). The van der Waals surface area contributed by atoms with E-state index in [2.05, 4.69) is 10.2 Å². The minimum atomic E-state index is -0.0353. The molecule has 0 saturated carbocycles. The highest BCUT2D eigenvalue weighted by Gasteiger charge is 2.12. The minimum absolute atomic E-state index is 0.0221. The van der Waals surface area contributed by atoms with Crippen LogP contribution in [0.25, 0.3) is 0 Å². The van der Waals surface area contributed by atoms with Crippen molar-refractivity contribution in [3.63, 3.8) is 0 Å². The number of carbonyl (C=O) groups excluding carboxylic acids is 1. The van der Waals surface area contributed by atoms with Crippen LogP contribution < -0.4 is 15.8 Å². The fourth-order valence-electron chi connectivity index (χ4n) is 1.83. The van der Waals surface area contributed by atoms with Crippen LogP contribution in [-0.4, -0.2) is 44.6 Å². The van der Waals surface area contributed by atoms with Gasteiger partial charge in [0.25, 0.3) is 0 Å². The highest BCUT2D eigenvalue weighted by Crippen LogP contribution is 2.18. The molecule has 3 N–H and O–H groups in total. The quantitative estimate of drug-likeness (QED) is 0.730. The standard InChI is InChI=1S/C16H27N3O2/c1-13(6-5-9-17)16(20)18-14-7-4-8-15(12-14)21-11-10-19(2)3/h4,7-8,12-13H,5-6,9-11,17H2,1-3H3,(H,18,20). The predicted molar refractivity (Wildman–Crippen MR) is 86.6 cm³/mol. The van der Waals surface area contributed by atoms with Crippen molar-refractivity contribution >= 4 is 11.6 Å². The lowest BCUT2D eigenvalue weighted by Crippen LogP contribution is -2.21. The number of anilines is 1. The molecule has 0 spiro atoms. The number of nitrogens with two attached hydrogens (primary N) is 1. The molecular formula is C16H27N3O2. The van der Waals surface area contributed by atoms with Gasteiger partial charge >= 0.3 is 0 Å². The highest BCUT2D eigenvalue weighted by atomic mass is 16.5. The zero-order chi connectivity index (χ0) is 15.7. The van der Waals surface area contributed by atoms with E-state index >= 15 is 0 Å². The Balaban J connectivity index is 2.49. The maximum Gasteiger partial charge on any atom is 0.227 e. The molecule has 118 valence electrons. The van der Waals surface area contributed by atoms with Crippen LogP contribution in [-0.2, 0) is 4.79 Å². The lowest BCUT2D eigenvalue weighted by atomic mass is 10.0. The molecule has 1 aromatic carbocycles. The van der Waals surface area contributed by atoms with Crippen molar-refractivity contribution in [3.8, 4) is 5.75 Å². The molecule has 0 saturated heterocycles. The van der Waals surface area contributed by atoms with Gasteiger partial charge in [0.15, 0.2) is 0 Å². The lowest BCUT2D eigenvalue weighted by Gasteiger charge is -2.14. The Morgan fingerprint density at radius 3 is 2.86 bits per heavy atom. The summed E-state index contributed by atoms with van der Waals surface area (Å²) in [6, 6.07) is 7.49. The largest absolute Gasteiger partial charge is 0.492 e. The van der Waals surface area contributed by atoms with E-state index in [1.807, 2.05) is 45.3 Å². The van der Waals surface area contributed by atoms with Crippen molar-refractivity contribution in [2.24, 2.45) is 11.7 Å². The fourth-order valence-corrected chi connectivity index (χ4v) is 1.83. The summed E-state index contributed by atoms with van der Waals surface area (Å²) in [5, 5.41) is 2.92. The van der Waals surface area contributed by atoms with E-state index in [-0.39, 0.29) is 11.8 Å². The summed E-state index contributed by atoms with van der Waals surface area (Å²) in [7, 11) is 4.01. The Labute approximate surface area is 127 Å². The number of amides is 1. The van der Waals surface area contributed by atoms with Crippen LogP contribution in [0.3, 0.4) is 0 Å². The summed E-state index contributed by atoms with van der Waals surface area (Å²) >= 11 is 0. The Bertz CT molecular complexity index is 435. The fraction of sp³-hybridized carbons (Fsp3) is 0.562. The van der Waals surface area contributed by atoms with Crippen LogP contribution in [0.15, 0.2) is 24.3 Å². The first-order chi connectivity index (χ1) is 10.0. The van der Waals surface area contributed by atoms with Crippen LogP contribution in [0, 0.1) is 5.92 Å². The molecule has 0 radical (unpaired) electrons. The first-order valence-corrected chi connectivity index (χ1v) is 7.41. The molecule has 0 aliphatic rings. The summed E-state index contributed by atoms with van der Waals surface area (Å²) in [5.41, 5.74) is 6.23. The van der Waals surface area contributed by atoms with Crippen molar-refractivity contribution in [1.82, 2.24) is 4.90 Å². The molecule has 1 amide bonds. The average Bonchev–Trinajstić information content (AvgIpc) is 2.44. The second kappa shape index (κ2) is 9.37. The monoisotopic (exact) mass is 293 g/mol. The summed E-state index contributed by atoms with van der Waals surface area (Å²) in [5.74, 6) is 0.755. The number of likely N-dealkylation sites (N-methyl/N-ethyl adjacent to an activating group) is 1. The Hall–Kier alpha value is -1.59. The van der Waals surface area contributed by atoms with E-state index in [4.69, 9.17) is 10.5 Å². The second-order valence-electron chi connectivity index (χ2n) is 5.50. The first kappa shape index (κ1) is 17.5. The van der Waals surface area contributed by atoms with Crippen LogP contribution in [0.1, 0.15) is 19.8 Å². The van der Waals surface area contributed by atoms with Crippen LogP contribution >= 0.6 is 0 Å². The van der Waals surface area contributed by atoms with Gasteiger partial charge in [-0.15, -0.1) is 0 Å². The van der Waals surface area contributed by atoms with E-state index in [1.165, 1.54) is 0 Å². The van der Waals surface area contributed by atoms with E-state index in [0.29, 0.717) is 13.2 Å². The van der Waals surface area contributed by atoms with Gasteiger partial charge in [0.2, 0.25) is 5.91 Å². The van der Waals surface area contributed by atoms with Crippen molar-refractivity contribution in [3.05, 3.63) is 24.3 Å². The minimum Gasteiger partial charge on any atom is -0.492 e. The van der Waals surface area contributed by atoms with Crippen molar-refractivity contribution in [2.75, 3.05) is 39.1 Å². The van der Waals surface area contributed by atoms with Gasteiger partial charge in [0.05, 0.1) is 0 Å². The number of hydrogen-bond donors (Lipinski definition) is 2. The third-order valence-electron chi connectivity index (χ3n) is 3.20. The number of ether oxygens (including phenoxy) is 1. The van der Waals surface area contributed by atoms with Gasteiger partial charge in [-0.1, -0.05) is 13.0 Å². The molecule has 1 aromatic rings. The summed E-state index contributed by atoms with van der Waals surface area (Å²) in [6.45, 7) is 4.01. The van der Waals surface area contributed by atoms with Crippen molar-refractivity contribution < 1.29 is 9.53 Å². The summed E-state index contributed by atoms with van der Waals surface area (Å²) < 4.78 is 5.65. The maximum absolute atomic E-state index is 12.0. The zero-order valence-electron chi connectivity index (χ0n) is 13.3. The number of benzene rings is 1. The van der Waals surface area contributed by atoms with Gasteiger partial charge in [0, 0.05) is 24.2 Å². The summed E-state index contributed by atoms with van der Waals surface area (Å²) in [4.78, 5) is 14.1. The third kappa shape index (κ3) is 7.11. The van der Waals surface area contributed by atoms with Gasteiger partial charge < -0.3 is 20.7 Å². The molecule has 5 heteroatoms. The zero-order valence-corrected chi connectivity index (χ0v) is 13.3.